The highest BCUT2D eigenvalue weighted by atomic mass is 32.2. The maximum atomic E-state index is 12.2. The Bertz CT molecular complexity index is 1310. The molecule has 3 aromatic heterocycles. The highest BCUT2D eigenvalue weighted by Crippen LogP contribution is 2.36. The van der Waals surface area contributed by atoms with Gasteiger partial charge in [-0.25, -0.2) is 13.4 Å². The predicted octanol–water partition coefficient (Wildman–Crippen LogP) is 3.49. The van der Waals surface area contributed by atoms with Crippen LogP contribution in [0, 0.1) is 11.3 Å². The number of ether oxygens (including phenoxy) is 1. The number of aromatic nitrogens is 4. The Morgan fingerprint density at radius 3 is 2.71 bits per heavy atom. The monoisotopic (exact) mass is 500 g/mol. The van der Waals surface area contributed by atoms with E-state index in [9.17, 15) is 13.7 Å². The third-order valence-corrected chi connectivity index (χ3v) is 9.86. The normalized spacial score (nSPS) is 16.4. The molecule has 3 aromatic rings. The zero-order valence-electron chi connectivity index (χ0n) is 20.2. The van der Waals surface area contributed by atoms with Gasteiger partial charge in [0.2, 0.25) is 10.0 Å². The van der Waals surface area contributed by atoms with Crippen LogP contribution in [0.3, 0.4) is 0 Å². The zero-order valence-corrected chi connectivity index (χ0v) is 22.0. The van der Waals surface area contributed by atoms with Gasteiger partial charge in [-0.15, -0.1) is 0 Å². The van der Waals surface area contributed by atoms with Crippen LogP contribution < -0.4 is 0 Å². The molecule has 9 nitrogen and oxygen atoms in total. The summed E-state index contributed by atoms with van der Waals surface area (Å²) in [6.45, 7) is 10.3. The van der Waals surface area contributed by atoms with Gasteiger partial charge in [0.25, 0.3) is 0 Å². The molecule has 0 aromatic carbocycles. The van der Waals surface area contributed by atoms with Crippen molar-refractivity contribution in [2.24, 2.45) is 0 Å². The van der Waals surface area contributed by atoms with Crippen LogP contribution in [0.2, 0.25) is 25.7 Å². The van der Waals surface area contributed by atoms with Gasteiger partial charge in [-0.3, -0.25) is 4.68 Å². The van der Waals surface area contributed by atoms with Gasteiger partial charge in [0.1, 0.15) is 17.9 Å². The van der Waals surface area contributed by atoms with Crippen molar-refractivity contribution >= 4 is 29.1 Å². The molecule has 0 radical (unpaired) electrons. The van der Waals surface area contributed by atoms with E-state index < -0.39 is 23.6 Å². The molecule has 0 amide bonds. The highest BCUT2D eigenvalue weighted by molar-refractivity contribution is 7.89. The van der Waals surface area contributed by atoms with Crippen molar-refractivity contribution in [1.29, 1.82) is 5.26 Å². The van der Waals surface area contributed by atoms with Gasteiger partial charge in [-0.05, 0) is 30.7 Å². The molecule has 0 N–H and O–H groups in total. The first kappa shape index (κ1) is 24.6. The van der Waals surface area contributed by atoms with Crippen LogP contribution in [0.25, 0.3) is 22.2 Å². The lowest BCUT2D eigenvalue weighted by Crippen LogP contribution is -2.64. The standard InChI is InChI=1S/C23H32N6O3SSi/c1-5-33(30,31)28-16-23(17-28,8-9-24)29-15-19(14-26-29)20-6-10-25-22-21(20)7-11-27(22)18-32-12-13-34(2,3)4/h6-7,10-11,14-15H,5,8,12-13,16-18H2,1-4H3. The van der Waals surface area contributed by atoms with Crippen molar-refractivity contribution in [2.45, 2.75) is 51.3 Å². The molecule has 0 saturated carbocycles. The lowest BCUT2D eigenvalue weighted by Gasteiger charge is -2.47. The number of fused-ring (bicyclic) bond motifs is 1. The van der Waals surface area contributed by atoms with E-state index in [-0.39, 0.29) is 25.3 Å². The Morgan fingerprint density at radius 1 is 1.26 bits per heavy atom. The second-order valence-electron chi connectivity index (χ2n) is 10.1. The van der Waals surface area contributed by atoms with E-state index in [1.54, 1.807) is 24.0 Å². The van der Waals surface area contributed by atoms with Crippen LogP contribution >= 0.6 is 0 Å². The van der Waals surface area contributed by atoms with E-state index in [1.165, 1.54) is 4.31 Å². The molecular formula is C23H32N6O3SSi. The van der Waals surface area contributed by atoms with E-state index in [4.69, 9.17) is 4.74 Å². The summed E-state index contributed by atoms with van der Waals surface area (Å²) in [7, 11) is -4.42. The summed E-state index contributed by atoms with van der Waals surface area (Å²) in [4.78, 5) is 4.56. The molecule has 11 heteroatoms. The fourth-order valence-electron chi connectivity index (χ4n) is 4.18. The third kappa shape index (κ3) is 4.81. The first-order valence-electron chi connectivity index (χ1n) is 11.5. The van der Waals surface area contributed by atoms with Gasteiger partial charge >= 0.3 is 0 Å². The number of rotatable bonds is 10. The molecule has 0 atom stereocenters. The topological polar surface area (TPSA) is 106 Å². The maximum Gasteiger partial charge on any atom is 0.213 e. The summed E-state index contributed by atoms with van der Waals surface area (Å²) in [6.07, 6.45) is 7.63. The van der Waals surface area contributed by atoms with Crippen LogP contribution in [0.15, 0.2) is 36.9 Å². The Balaban J connectivity index is 1.55. The first-order valence-corrected chi connectivity index (χ1v) is 16.8. The minimum absolute atomic E-state index is 0.0494. The summed E-state index contributed by atoms with van der Waals surface area (Å²) in [5, 5.41) is 14.9. The van der Waals surface area contributed by atoms with Gasteiger partial charge in [0.15, 0.2) is 0 Å². The third-order valence-electron chi connectivity index (χ3n) is 6.38. The second kappa shape index (κ2) is 9.26. The molecule has 182 valence electrons. The number of pyridine rings is 1. The molecule has 4 rings (SSSR count). The van der Waals surface area contributed by atoms with E-state index in [0.29, 0.717) is 6.73 Å². The van der Waals surface area contributed by atoms with Crippen LogP contribution in [-0.4, -0.2) is 65.6 Å². The molecular weight excluding hydrogens is 468 g/mol. The van der Waals surface area contributed by atoms with E-state index in [2.05, 4.69) is 35.8 Å². The number of sulfonamides is 1. The van der Waals surface area contributed by atoms with Gasteiger partial charge in [0.05, 0.1) is 24.4 Å². The lowest BCUT2D eigenvalue weighted by molar-refractivity contribution is 0.0719. The average molecular weight is 501 g/mol. The Kier molecular flexibility index (Phi) is 6.70. The van der Waals surface area contributed by atoms with Crippen LogP contribution in [0.4, 0.5) is 0 Å². The minimum atomic E-state index is -3.29. The largest absolute Gasteiger partial charge is 0.361 e. The summed E-state index contributed by atoms with van der Waals surface area (Å²) < 4.78 is 35.5. The van der Waals surface area contributed by atoms with Gasteiger partial charge in [-0.1, -0.05) is 19.6 Å². The molecule has 1 aliphatic heterocycles. The molecule has 1 aliphatic rings. The van der Waals surface area contributed by atoms with Gasteiger partial charge in [0, 0.05) is 57.3 Å². The lowest BCUT2D eigenvalue weighted by atomic mass is 9.89. The molecule has 1 fully saturated rings. The molecule has 0 unspecified atom stereocenters. The summed E-state index contributed by atoms with van der Waals surface area (Å²) in [6, 6.07) is 7.30. The van der Waals surface area contributed by atoms with Crippen LogP contribution in [0.5, 0.6) is 0 Å². The SMILES string of the molecule is CCS(=O)(=O)N1CC(CC#N)(n2cc(-c3ccnc4c3ccn4COCC[Si](C)(C)C)cn2)C1. The van der Waals surface area contributed by atoms with E-state index >= 15 is 0 Å². The van der Waals surface area contributed by atoms with Crippen molar-refractivity contribution in [2.75, 3.05) is 25.4 Å². The van der Waals surface area contributed by atoms with Crippen LogP contribution in [-0.2, 0) is 27.0 Å². The van der Waals surface area contributed by atoms with Crippen LogP contribution in [0.1, 0.15) is 13.3 Å². The Hall–Kier alpha value is -2.52. The van der Waals surface area contributed by atoms with Crippen molar-refractivity contribution in [3.63, 3.8) is 0 Å². The number of hydrogen-bond acceptors (Lipinski definition) is 6. The molecule has 0 aliphatic carbocycles. The van der Waals surface area contributed by atoms with Crippen molar-refractivity contribution in [1.82, 2.24) is 23.6 Å². The smallest absolute Gasteiger partial charge is 0.213 e. The number of hydrogen-bond donors (Lipinski definition) is 0. The Morgan fingerprint density at radius 2 is 2.03 bits per heavy atom. The average Bonchev–Trinajstić information content (AvgIpc) is 3.40. The number of nitrogens with zero attached hydrogens (tertiary/aromatic N) is 6. The molecule has 4 heterocycles. The van der Waals surface area contributed by atoms with Gasteiger partial charge in [-0.2, -0.15) is 14.7 Å². The summed E-state index contributed by atoms with van der Waals surface area (Å²) >= 11 is 0. The first-order chi connectivity index (χ1) is 16.1. The van der Waals surface area contributed by atoms with Crippen molar-refractivity contribution in [3.8, 4) is 17.2 Å². The molecule has 0 bridgehead atoms. The Labute approximate surface area is 202 Å². The zero-order chi connectivity index (χ0) is 24.6. The molecule has 0 spiro atoms. The quantitative estimate of drug-likeness (QED) is 0.312. The summed E-state index contributed by atoms with van der Waals surface area (Å²) in [5.41, 5.74) is 2.09. The fourth-order valence-corrected chi connectivity index (χ4v) is 6.18. The molecule has 1 saturated heterocycles. The number of nitriles is 1. The van der Waals surface area contributed by atoms with Crippen molar-refractivity contribution < 1.29 is 13.2 Å². The summed E-state index contributed by atoms with van der Waals surface area (Å²) in [5.74, 6) is 0.0494. The predicted molar refractivity (Wildman–Crippen MR) is 134 cm³/mol. The van der Waals surface area contributed by atoms with E-state index in [1.807, 2.05) is 29.1 Å². The maximum absolute atomic E-state index is 12.2. The highest BCUT2D eigenvalue weighted by Gasteiger charge is 2.49. The van der Waals surface area contributed by atoms with Gasteiger partial charge < -0.3 is 9.30 Å². The second-order valence-corrected chi connectivity index (χ2v) is 18.0. The molecule has 34 heavy (non-hydrogen) atoms. The minimum Gasteiger partial charge on any atom is -0.361 e. The van der Waals surface area contributed by atoms with Crippen molar-refractivity contribution in [3.05, 3.63) is 36.9 Å². The fraction of sp³-hybridized carbons (Fsp3) is 0.522. The van der Waals surface area contributed by atoms with E-state index in [0.717, 1.165) is 34.8 Å².